The predicted octanol–water partition coefficient (Wildman–Crippen LogP) is 3.38. The monoisotopic (exact) mass is 297 g/mol. The Morgan fingerprint density at radius 3 is 2.24 bits per heavy atom. The molecule has 3 nitrogen and oxygen atoms in total. The second-order valence-corrected chi connectivity index (χ2v) is 4.49. The first-order chi connectivity index (χ1) is 9.84. The van der Waals surface area contributed by atoms with Gasteiger partial charge >= 0.3 is 6.18 Å². The lowest BCUT2D eigenvalue weighted by molar-refractivity contribution is -0.137. The number of aliphatic hydroxyl groups is 1. The third-order valence-corrected chi connectivity index (χ3v) is 3.17. The van der Waals surface area contributed by atoms with Crippen molar-refractivity contribution in [3.8, 4) is 5.75 Å². The van der Waals surface area contributed by atoms with Gasteiger partial charge in [0.25, 0.3) is 0 Å². The number of benzene rings is 2. The van der Waals surface area contributed by atoms with E-state index in [1.807, 2.05) is 0 Å². The van der Waals surface area contributed by atoms with Crippen LogP contribution < -0.4 is 10.5 Å². The average molecular weight is 297 g/mol. The number of anilines is 1. The smallest absolute Gasteiger partial charge is 0.416 e. The van der Waals surface area contributed by atoms with Crippen molar-refractivity contribution in [2.75, 3.05) is 12.8 Å². The molecular weight excluding hydrogens is 283 g/mol. The van der Waals surface area contributed by atoms with Gasteiger partial charge in [-0.2, -0.15) is 13.2 Å². The molecule has 0 amide bonds. The quantitative estimate of drug-likeness (QED) is 0.854. The van der Waals surface area contributed by atoms with Crippen LogP contribution in [0.5, 0.6) is 5.75 Å². The summed E-state index contributed by atoms with van der Waals surface area (Å²) in [5.74, 6) is 0.401. The van der Waals surface area contributed by atoms with Crippen LogP contribution in [-0.4, -0.2) is 12.2 Å². The number of halogens is 3. The molecule has 0 fully saturated rings. The summed E-state index contributed by atoms with van der Waals surface area (Å²) >= 11 is 0. The Balaban J connectivity index is 2.34. The van der Waals surface area contributed by atoms with Crippen LogP contribution in [0, 0.1) is 0 Å². The Kier molecular flexibility index (Phi) is 4.09. The van der Waals surface area contributed by atoms with E-state index in [0.29, 0.717) is 16.9 Å². The van der Waals surface area contributed by atoms with Crippen LogP contribution >= 0.6 is 0 Å². The molecule has 1 unspecified atom stereocenters. The highest BCUT2D eigenvalue weighted by Gasteiger charge is 2.30. The minimum atomic E-state index is -4.40. The molecule has 1 atom stereocenters. The van der Waals surface area contributed by atoms with Gasteiger partial charge in [0.15, 0.2) is 0 Å². The first kappa shape index (κ1) is 15.2. The largest absolute Gasteiger partial charge is 0.495 e. The highest BCUT2D eigenvalue weighted by molar-refractivity contribution is 5.60. The van der Waals surface area contributed by atoms with Gasteiger partial charge in [0.2, 0.25) is 0 Å². The maximum absolute atomic E-state index is 12.5. The fourth-order valence-electron chi connectivity index (χ4n) is 2.01. The molecular formula is C15H14F3NO2. The number of aliphatic hydroxyl groups excluding tert-OH is 1. The highest BCUT2D eigenvalue weighted by Crippen LogP contribution is 2.34. The van der Waals surface area contributed by atoms with Crippen molar-refractivity contribution in [1.82, 2.24) is 0 Å². The van der Waals surface area contributed by atoms with Crippen LogP contribution in [0.4, 0.5) is 18.9 Å². The van der Waals surface area contributed by atoms with E-state index in [4.69, 9.17) is 10.5 Å². The van der Waals surface area contributed by atoms with Gasteiger partial charge in [0, 0.05) is 5.56 Å². The molecule has 21 heavy (non-hydrogen) atoms. The van der Waals surface area contributed by atoms with Crippen LogP contribution in [0.3, 0.4) is 0 Å². The lowest BCUT2D eigenvalue weighted by Crippen LogP contribution is -2.07. The second kappa shape index (κ2) is 5.65. The number of hydrogen-bond acceptors (Lipinski definition) is 3. The molecule has 6 heteroatoms. The maximum Gasteiger partial charge on any atom is 0.416 e. The van der Waals surface area contributed by atoms with Crippen LogP contribution in [-0.2, 0) is 6.18 Å². The van der Waals surface area contributed by atoms with Crippen LogP contribution in [0.25, 0.3) is 0 Å². The summed E-state index contributed by atoms with van der Waals surface area (Å²) in [6.45, 7) is 0. The van der Waals surface area contributed by atoms with E-state index in [0.717, 1.165) is 12.1 Å². The molecule has 0 aliphatic carbocycles. The van der Waals surface area contributed by atoms with E-state index in [1.54, 1.807) is 18.2 Å². The van der Waals surface area contributed by atoms with Crippen molar-refractivity contribution in [2.45, 2.75) is 12.3 Å². The van der Waals surface area contributed by atoms with Crippen molar-refractivity contribution < 1.29 is 23.0 Å². The zero-order valence-corrected chi connectivity index (χ0v) is 11.2. The SMILES string of the molecule is COc1cccc(C(O)c2ccc(C(F)(F)F)cc2)c1N. The van der Waals surface area contributed by atoms with Gasteiger partial charge in [-0.15, -0.1) is 0 Å². The van der Waals surface area contributed by atoms with Gasteiger partial charge in [0.05, 0.1) is 18.4 Å². The van der Waals surface area contributed by atoms with Crippen molar-refractivity contribution in [3.63, 3.8) is 0 Å². The van der Waals surface area contributed by atoms with E-state index in [-0.39, 0.29) is 5.69 Å². The molecule has 0 saturated heterocycles. The van der Waals surface area contributed by atoms with E-state index in [2.05, 4.69) is 0 Å². The minimum Gasteiger partial charge on any atom is -0.495 e. The molecule has 2 aromatic carbocycles. The van der Waals surface area contributed by atoms with E-state index >= 15 is 0 Å². The predicted molar refractivity (Wildman–Crippen MR) is 72.9 cm³/mol. The molecule has 2 rings (SSSR count). The minimum absolute atomic E-state index is 0.257. The van der Waals surface area contributed by atoms with Gasteiger partial charge in [0.1, 0.15) is 11.9 Å². The highest BCUT2D eigenvalue weighted by atomic mass is 19.4. The third kappa shape index (κ3) is 3.11. The van der Waals surface area contributed by atoms with Gasteiger partial charge in [-0.25, -0.2) is 0 Å². The molecule has 0 radical (unpaired) electrons. The average Bonchev–Trinajstić information content (AvgIpc) is 2.46. The van der Waals surface area contributed by atoms with Crippen molar-refractivity contribution in [1.29, 1.82) is 0 Å². The van der Waals surface area contributed by atoms with Crippen molar-refractivity contribution in [2.24, 2.45) is 0 Å². The first-order valence-corrected chi connectivity index (χ1v) is 6.12. The summed E-state index contributed by atoms with van der Waals surface area (Å²) in [5.41, 5.74) is 6.06. The Labute approximate surface area is 119 Å². The molecule has 0 aromatic heterocycles. The van der Waals surface area contributed by atoms with E-state index in [9.17, 15) is 18.3 Å². The summed E-state index contributed by atoms with van der Waals surface area (Å²) in [4.78, 5) is 0. The maximum atomic E-state index is 12.5. The summed E-state index contributed by atoms with van der Waals surface area (Å²) in [6.07, 6.45) is -5.53. The fraction of sp³-hybridized carbons (Fsp3) is 0.200. The number of hydrogen-bond donors (Lipinski definition) is 2. The van der Waals surface area contributed by atoms with Crippen LogP contribution in [0.1, 0.15) is 22.8 Å². The van der Waals surface area contributed by atoms with E-state index in [1.165, 1.54) is 19.2 Å². The molecule has 112 valence electrons. The van der Waals surface area contributed by atoms with Gasteiger partial charge in [-0.3, -0.25) is 0 Å². The Bertz CT molecular complexity index is 624. The molecule has 0 aliphatic heterocycles. The molecule has 0 spiro atoms. The zero-order chi connectivity index (χ0) is 15.6. The molecule has 3 N–H and O–H groups in total. The molecule has 0 heterocycles. The molecule has 2 aromatic rings. The third-order valence-electron chi connectivity index (χ3n) is 3.17. The number of alkyl halides is 3. The summed E-state index contributed by atoms with van der Waals surface area (Å²) in [6, 6.07) is 9.19. The number of nitrogen functional groups attached to an aromatic ring is 1. The lowest BCUT2D eigenvalue weighted by Gasteiger charge is -2.16. The lowest BCUT2D eigenvalue weighted by atomic mass is 9.98. The van der Waals surface area contributed by atoms with Crippen molar-refractivity contribution in [3.05, 3.63) is 59.2 Å². The van der Waals surface area contributed by atoms with Crippen LogP contribution in [0.2, 0.25) is 0 Å². The molecule has 0 aliphatic rings. The zero-order valence-electron chi connectivity index (χ0n) is 11.2. The summed E-state index contributed by atoms with van der Waals surface area (Å²) < 4.78 is 42.6. The number of nitrogens with two attached hydrogens (primary N) is 1. The summed E-state index contributed by atoms with van der Waals surface area (Å²) in [5, 5.41) is 10.3. The number of para-hydroxylation sites is 1. The van der Waals surface area contributed by atoms with E-state index < -0.39 is 17.8 Å². The standard InChI is InChI=1S/C15H14F3NO2/c1-21-12-4-2-3-11(13(12)19)14(20)9-5-7-10(8-6-9)15(16,17)18/h2-8,14,20H,19H2,1H3. The topological polar surface area (TPSA) is 55.5 Å². The number of rotatable bonds is 3. The number of methoxy groups -OCH3 is 1. The van der Waals surface area contributed by atoms with Gasteiger partial charge in [-0.1, -0.05) is 24.3 Å². The van der Waals surface area contributed by atoms with Crippen molar-refractivity contribution >= 4 is 5.69 Å². The van der Waals surface area contributed by atoms with Gasteiger partial charge < -0.3 is 15.6 Å². The summed E-state index contributed by atoms with van der Waals surface area (Å²) in [7, 11) is 1.44. The normalized spacial score (nSPS) is 13.0. The Hall–Kier alpha value is -2.21. The molecule has 0 saturated carbocycles. The van der Waals surface area contributed by atoms with Gasteiger partial charge in [-0.05, 0) is 23.8 Å². The fourth-order valence-corrected chi connectivity index (χ4v) is 2.01. The van der Waals surface area contributed by atoms with Crippen LogP contribution in [0.15, 0.2) is 42.5 Å². The molecule has 0 bridgehead atoms. The Morgan fingerprint density at radius 1 is 1.10 bits per heavy atom. The number of ether oxygens (including phenoxy) is 1. The Morgan fingerprint density at radius 2 is 1.71 bits per heavy atom. The second-order valence-electron chi connectivity index (χ2n) is 4.49. The first-order valence-electron chi connectivity index (χ1n) is 6.12.